The van der Waals surface area contributed by atoms with Crippen LogP contribution in [0, 0.1) is 0 Å². The predicted molar refractivity (Wildman–Crippen MR) is 156 cm³/mol. The average molecular weight is 519 g/mol. The van der Waals surface area contributed by atoms with E-state index in [2.05, 4.69) is 23.6 Å². The highest BCUT2D eigenvalue weighted by Crippen LogP contribution is 2.30. The molecule has 0 radical (unpaired) electrons. The summed E-state index contributed by atoms with van der Waals surface area (Å²) < 4.78 is 14.4. The van der Waals surface area contributed by atoms with Gasteiger partial charge in [0.05, 0.1) is 0 Å². The molecule has 5 aromatic rings. The first-order chi connectivity index (χ1) is 19.1. The second-order valence-electron chi connectivity index (χ2n) is 9.94. The molecule has 0 unspecified atom stereocenters. The van der Waals surface area contributed by atoms with E-state index >= 15 is 0 Å². The van der Waals surface area contributed by atoms with Crippen LogP contribution in [0.3, 0.4) is 0 Å². The van der Waals surface area contributed by atoms with Crippen LogP contribution in [0.15, 0.2) is 115 Å². The molecule has 0 fully saturated rings. The van der Waals surface area contributed by atoms with Crippen LogP contribution in [-0.2, 0) is 17.9 Å². The largest absolute Gasteiger partial charge is 0.489 e. The zero-order valence-corrected chi connectivity index (χ0v) is 22.5. The highest BCUT2D eigenvalue weighted by Gasteiger charge is 2.23. The van der Waals surface area contributed by atoms with Crippen molar-refractivity contribution in [1.82, 2.24) is 9.47 Å². The van der Waals surface area contributed by atoms with Crippen LogP contribution in [-0.4, -0.2) is 36.1 Å². The Bertz CT molecular complexity index is 1460. The van der Waals surface area contributed by atoms with Crippen LogP contribution in [0.2, 0.25) is 0 Å². The zero-order chi connectivity index (χ0) is 27.0. The van der Waals surface area contributed by atoms with Gasteiger partial charge in [-0.15, -0.1) is 0 Å². The Morgan fingerprint density at radius 1 is 0.795 bits per heavy atom. The van der Waals surface area contributed by atoms with Gasteiger partial charge in [-0.1, -0.05) is 91.0 Å². The fraction of sp³-hybridized carbons (Fsp3) is 0.206. The first-order valence-electron chi connectivity index (χ1n) is 13.3. The summed E-state index contributed by atoms with van der Waals surface area (Å²) in [6.07, 6.45) is 0.405. The highest BCUT2D eigenvalue weighted by atomic mass is 16.5. The Kier molecular flexibility index (Phi) is 8.39. The lowest BCUT2D eigenvalue weighted by Crippen LogP contribution is -2.19. The molecule has 0 bridgehead atoms. The van der Waals surface area contributed by atoms with Gasteiger partial charge in [-0.2, -0.15) is 0 Å². The highest BCUT2D eigenvalue weighted by molar-refractivity contribution is 5.96. The molecule has 5 nitrogen and oxygen atoms in total. The van der Waals surface area contributed by atoms with Gasteiger partial charge < -0.3 is 18.9 Å². The average Bonchev–Trinajstić information content (AvgIpc) is 3.34. The minimum atomic E-state index is -0.502. The number of carbonyl (C=O) groups is 1. The standard InChI is InChI=1S/C34H34N2O3/c1-35(2)21-12-22-36-31-20-19-30(38-25-26-13-6-3-7-14-26)23-29(31)24-32(36)34(37)39-33(27-15-8-4-9-16-27)28-17-10-5-11-18-28/h3-11,13-20,23-24,33H,12,21-22,25H2,1-2H3. The van der Waals surface area contributed by atoms with E-state index in [1.807, 2.05) is 115 Å². The SMILES string of the molecule is CN(C)CCCn1c(C(=O)OC(c2ccccc2)c2ccccc2)cc2cc(OCc3ccccc3)ccc21. The molecule has 1 aromatic heterocycles. The number of hydrogen-bond donors (Lipinski definition) is 0. The van der Waals surface area contributed by atoms with Gasteiger partial charge in [-0.05, 0) is 68.0 Å². The summed E-state index contributed by atoms with van der Waals surface area (Å²) in [6.45, 7) is 2.11. The van der Waals surface area contributed by atoms with Gasteiger partial charge in [0, 0.05) is 17.4 Å². The van der Waals surface area contributed by atoms with Crippen molar-refractivity contribution in [2.75, 3.05) is 20.6 Å². The van der Waals surface area contributed by atoms with Crippen LogP contribution < -0.4 is 4.74 Å². The van der Waals surface area contributed by atoms with Crippen LogP contribution in [0.5, 0.6) is 5.75 Å². The molecule has 0 aliphatic carbocycles. The van der Waals surface area contributed by atoms with Gasteiger partial charge in [0.25, 0.3) is 0 Å². The molecule has 0 aliphatic rings. The lowest BCUT2D eigenvalue weighted by molar-refractivity contribution is 0.0365. The maximum Gasteiger partial charge on any atom is 0.355 e. The molecule has 0 saturated heterocycles. The van der Waals surface area contributed by atoms with Gasteiger partial charge in [0.2, 0.25) is 0 Å². The minimum absolute atomic E-state index is 0.347. The normalized spacial score (nSPS) is 11.3. The van der Waals surface area contributed by atoms with Crippen LogP contribution in [0.4, 0.5) is 0 Å². The van der Waals surface area contributed by atoms with E-state index in [9.17, 15) is 4.79 Å². The monoisotopic (exact) mass is 518 g/mol. The predicted octanol–water partition coefficient (Wildman–Crippen LogP) is 7.12. The summed E-state index contributed by atoms with van der Waals surface area (Å²) in [7, 11) is 4.12. The molecule has 0 aliphatic heterocycles. The number of carbonyl (C=O) groups excluding carboxylic acids is 1. The van der Waals surface area contributed by atoms with Crippen molar-refractivity contribution < 1.29 is 14.3 Å². The second-order valence-corrected chi connectivity index (χ2v) is 9.94. The molecule has 0 spiro atoms. The number of ether oxygens (including phenoxy) is 2. The van der Waals surface area contributed by atoms with Gasteiger partial charge in [0.15, 0.2) is 6.10 Å². The topological polar surface area (TPSA) is 43.7 Å². The number of esters is 1. The Labute approximate surface area is 230 Å². The molecule has 5 heteroatoms. The molecule has 0 N–H and O–H groups in total. The van der Waals surface area contributed by atoms with Crippen molar-refractivity contribution in [3.05, 3.63) is 138 Å². The fourth-order valence-corrected chi connectivity index (χ4v) is 4.79. The van der Waals surface area contributed by atoms with Crippen molar-refractivity contribution in [2.45, 2.75) is 25.7 Å². The number of rotatable bonds is 11. The summed E-state index contributed by atoms with van der Waals surface area (Å²) in [5, 5.41) is 0.952. The Morgan fingerprint density at radius 3 is 2.03 bits per heavy atom. The summed E-state index contributed by atoms with van der Waals surface area (Å²) in [4.78, 5) is 16.0. The molecule has 198 valence electrons. The van der Waals surface area contributed by atoms with Gasteiger partial charge >= 0.3 is 5.97 Å². The number of aromatic nitrogens is 1. The van der Waals surface area contributed by atoms with Crippen molar-refractivity contribution in [1.29, 1.82) is 0 Å². The third-order valence-corrected chi connectivity index (χ3v) is 6.75. The third-order valence-electron chi connectivity index (χ3n) is 6.75. The number of hydrogen-bond acceptors (Lipinski definition) is 4. The molecular formula is C34H34N2O3. The van der Waals surface area contributed by atoms with E-state index < -0.39 is 6.10 Å². The maximum atomic E-state index is 13.8. The van der Waals surface area contributed by atoms with E-state index in [4.69, 9.17) is 9.47 Å². The third kappa shape index (κ3) is 6.57. The Hall–Kier alpha value is -4.35. The van der Waals surface area contributed by atoms with Crippen molar-refractivity contribution >= 4 is 16.9 Å². The molecule has 1 heterocycles. The van der Waals surface area contributed by atoms with E-state index in [0.717, 1.165) is 46.3 Å². The molecule has 39 heavy (non-hydrogen) atoms. The fourth-order valence-electron chi connectivity index (χ4n) is 4.79. The van der Waals surface area contributed by atoms with Crippen molar-refractivity contribution in [3.63, 3.8) is 0 Å². The minimum Gasteiger partial charge on any atom is -0.489 e. The van der Waals surface area contributed by atoms with Crippen LogP contribution in [0.25, 0.3) is 10.9 Å². The van der Waals surface area contributed by atoms with Crippen molar-refractivity contribution in [3.8, 4) is 5.75 Å². The Balaban J connectivity index is 1.45. The lowest BCUT2D eigenvalue weighted by atomic mass is 10.0. The first-order valence-corrected chi connectivity index (χ1v) is 13.3. The summed E-state index contributed by atoms with van der Waals surface area (Å²) in [5.41, 5.74) is 4.51. The molecule has 4 aromatic carbocycles. The number of aryl methyl sites for hydroxylation is 1. The molecule has 5 rings (SSSR count). The smallest absolute Gasteiger partial charge is 0.355 e. The van der Waals surface area contributed by atoms with Crippen molar-refractivity contribution in [2.24, 2.45) is 0 Å². The molecule has 0 amide bonds. The van der Waals surface area contributed by atoms with Gasteiger partial charge in [-0.3, -0.25) is 0 Å². The van der Waals surface area contributed by atoms with E-state index in [1.165, 1.54) is 0 Å². The van der Waals surface area contributed by atoms with E-state index in [-0.39, 0.29) is 5.97 Å². The van der Waals surface area contributed by atoms with E-state index in [1.54, 1.807) is 0 Å². The molecular weight excluding hydrogens is 484 g/mol. The quantitative estimate of drug-likeness (QED) is 0.175. The Morgan fingerprint density at radius 2 is 1.41 bits per heavy atom. The van der Waals surface area contributed by atoms with Crippen LogP contribution in [0.1, 0.15) is 39.7 Å². The van der Waals surface area contributed by atoms with E-state index in [0.29, 0.717) is 18.8 Å². The summed E-state index contributed by atoms with van der Waals surface area (Å²) in [6, 6.07) is 37.8. The number of benzene rings is 4. The summed E-state index contributed by atoms with van der Waals surface area (Å²) >= 11 is 0. The molecule has 0 atom stereocenters. The summed E-state index contributed by atoms with van der Waals surface area (Å²) in [5.74, 6) is 0.420. The first kappa shape index (κ1) is 26.3. The molecule has 0 saturated carbocycles. The number of fused-ring (bicyclic) bond motifs is 1. The number of nitrogens with zero attached hydrogens (tertiary/aromatic N) is 2. The maximum absolute atomic E-state index is 13.8. The zero-order valence-electron chi connectivity index (χ0n) is 22.5. The van der Waals surface area contributed by atoms with Crippen LogP contribution >= 0.6 is 0 Å². The van der Waals surface area contributed by atoms with Gasteiger partial charge in [0.1, 0.15) is 18.1 Å². The lowest BCUT2D eigenvalue weighted by Gasteiger charge is -2.20. The van der Waals surface area contributed by atoms with Gasteiger partial charge in [-0.25, -0.2) is 4.79 Å². The second kappa shape index (κ2) is 12.5.